The van der Waals surface area contributed by atoms with E-state index in [9.17, 15) is 4.79 Å². The van der Waals surface area contributed by atoms with E-state index in [4.69, 9.17) is 17.3 Å². The molecule has 0 aliphatic heterocycles. The summed E-state index contributed by atoms with van der Waals surface area (Å²) in [6.07, 6.45) is 1.69. The second kappa shape index (κ2) is 7.02. The van der Waals surface area contributed by atoms with Crippen molar-refractivity contribution in [1.82, 2.24) is 0 Å². The molecule has 0 amide bonds. The molecular weight excluding hydrogens is 288 g/mol. The Morgan fingerprint density at radius 1 is 1.24 bits per heavy atom. The van der Waals surface area contributed by atoms with Gasteiger partial charge in [-0.15, -0.1) is 0 Å². The number of hydrogen-bond donors (Lipinski definition) is 1. The van der Waals surface area contributed by atoms with E-state index in [-0.39, 0.29) is 0 Å². The number of ether oxygens (including phenoxy) is 1. The molecule has 2 aromatic rings. The largest absolute Gasteiger partial charge is 0.468 e. The summed E-state index contributed by atoms with van der Waals surface area (Å²) in [6.45, 7) is 0. The molecule has 0 aromatic heterocycles. The first-order chi connectivity index (χ1) is 10.1. The monoisotopic (exact) mass is 302 g/mol. The minimum Gasteiger partial charge on any atom is -0.468 e. The SMILES string of the molecule is COC(=O)C(N)c1ccccc1N=Cc1ccc(Cl)cc1. The number of carbonyl (C=O) groups is 1. The number of benzene rings is 2. The van der Waals surface area contributed by atoms with Crippen LogP contribution in [-0.2, 0) is 9.53 Å². The van der Waals surface area contributed by atoms with Crippen LogP contribution < -0.4 is 5.73 Å². The average molecular weight is 303 g/mol. The summed E-state index contributed by atoms with van der Waals surface area (Å²) >= 11 is 5.83. The number of carbonyl (C=O) groups excluding carboxylic acids is 1. The molecule has 0 spiro atoms. The van der Waals surface area contributed by atoms with Crippen molar-refractivity contribution in [3.63, 3.8) is 0 Å². The van der Waals surface area contributed by atoms with Crippen LogP contribution in [0, 0.1) is 0 Å². The zero-order chi connectivity index (χ0) is 15.2. The number of halogens is 1. The fourth-order valence-corrected chi connectivity index (χ4v) is 1.94. The zero-order valence-electron chi connectivity index (χ0n) is 11.5. The number of esters is 1. The van der Waals surface area contributed by atoms with Gasteiger partial charge in [0.15, 0.2) is 0 Å². The normalized spacial score (nSPS) is 12.3. The Bertz CT molecular complexity index is 654. The highest BCUT2D eigenvalue weighted by Crippen LogP contribution is 2.24. The third-order valence-corrected chi connectivity index (χ3v) is 3.20. The van der Waals surface area contributed by atoms with Gasteiger partial charge in [-0.25, -0.2) is 0 Å². The summed E-state index contributed by atoms with van der Waals surface area (Å²) in [5.74, 6) is -0.496. The van der Waals surface area contributed by atoms with Gasteiger partial charge in [0.1, 0.15) is 6.04 Å². The van der Waals surface area contributed by atoms with Crippen molar-refractivity contribution < 1.29 is 9.53 Å². The topological polar surface area (TPSA) is 64.7 Å². The molecule has 2 aromatic carbocycles. The van der Waals surface area contributed by atoms with Gasteiger partial charge in [-0.3, -0.25) is 9.79 Å². The third kappa shape index (κ3) is 3.90. The lowest BCUT2D eigenvalue weighted by atomic mass is 10.1. The van der Waals surface area contributed by atoms with Crippen LogP contribution >= 0.6 is 11.6 Å². The fraction of sp³-hybridized carbons (Fsp3) is 0.125. The second-order valence-electron chi connectivity index (χ2n) is 4.37. The van der Waals surface area contributed by atoms with Crippen LogP contribution in [0.4, 0.5) is 5.69 Å². The van der Waals surface area contributed by atoms with Gasteiger partial charge < -0.3 is 10.5 Å². The summed E-state index contributed by atoms with van der Waals surface area (Å²) in [4.78, 5) is 16.0. The van der Waals surface area contributed by atoms with E-state index in [1.54, 1.807) is 36.5 Å². The fourth-order valence-electron chi connectivity index (χ4n) is 1.81. The Morgan fingerprint density at radius 3 is 2.57 bits per heavy atom. The van der Waals surface area contributed by atoms with Crippen LogP contribution in [0.5, 0.6) is 0 Å². The van der Waals surface area contributed by atoms with Crippen LogP contribution in [0.2, 0.25) is 5.02 Å². The van der Waals surface area contributed by atoms with Crippen LogP contribution in [-0.4, -0.2) is 19.3 Å². The van der Waals surface area contributed by atoms with Crippen molar-refractivity contribution in [3.8, 4) is 0 Å². The van der Waals surface area contributed by atoms with Gasteiger partial charge in [0.2, 0.25) is 0 Å². The van der Waals surface area contributed by atoms with Crippen molar-refractivity contribution in [3.05, 3.63) is 64.7 Å². The molecular formula is C16H15ClN2O2. The molecule has 1 unspecified atom stereocenters. The lowest BCUT2D eigenvalue weighted by Gasteiger charge is -2.11. The molecule has 108 valence electrons. The summed E-state index contributed by atoms with van der Waals surface area (Å²) in [6, 6.07) is 13.6. The molecule has 0 aliphatic rings. The highest BCUT2D eigenvalue weighted by molar-refractivity contribution is 6.30. The minimum absolute atomic E-state index is 0.496. The molecule has 0 saturated heterocycles. The molecule has 0 radical (unpaired) electrons. The number of rotatable bonds is 4. The predicted molar refractivity (Wildman–Crippen MR) is 84.1 cm³/mol. The predicted octanol–water partition coefficient (Wildman–Crippen LogP) is 3.26. The molecule has 0 fully saturated rings. The lowest BCUT2D eigenvalue weighted by molar-refractivity contribution is -0.142. The molecule has 0 bridgehead atoms. The Labute approximate surface area is 128 Å². The van der Waals surface area contributed by atoms with E-state index in [2.05, 4.69) is 9.73 Å². The highest BCUT2D eigenvalue weighted by Gasteiger charge is 2.18. The summed E-state index contributed by atoms with van der Waals surface area (Å²) < 4.78 is 4.67. The van der Waals surface area contributed by atoms with Crippen molar-refractivity contribution in [2.45, 2.75) is 6.04 Å². The molecule has 1 atom stereocenters. The molecule has 5 heteroatoms. The smallest absolute Gasteiger partial charge is 0.327 e. The zero-order valence-corrected chi connectivity index (χ0v) is 12.2. The maximum atomic E-state index is 11.6. The van der Waals surface area contributed by atoms with Gasteiger partial charge in [0, 0.05) is 16.8 Å². The van der Waals surface area contributed by atoms with Gasteiger partial charge in [-0.1, -0.05) is 41.9 Å². The average Bonchev–Trinajstić information content (AvgIpc) is 2.53. The van der Waals surface area contributed by atoms with Crippen molar-refractivity contribution in [1.29, 1.82) is 0 Å². The van der Waals surface area contributed by atoms with Gasteiger partial charge >= 0.3 is 5.97 Å². The van der Waals surface area contributed by atoms with Crippen molar-refractivity contribution in [2.75, 3.05) is 7.11 Å². The standard InChI is InChI=1S/C16H15ClN2O2/c1-21-16(20)15(18)13-4-2-3-5-14(13)19-10-11-6-8-12(17)9-7-11/h2-10,15H,18H2,1H3. The molecule has 21 heavy (non-hydrogen) atoms. The third-order valence-electron chi connectivity index (χ3n) is 2.95. The van der Waals surface area contributed by atoms with E-state index in [0.717, 1.165) is 5.56 Å². The van der Waals surface area contributed by atoms with Crippen molar-refractivity contribution >= 4 is 29.5 Å². The second-order valence-corrected chi connectivity index (χ2v) is 4.81. The first-order valence-electron chi connectivity index (χ1n) is 6.34. The Kier molecular flexibility index (Phi) is 5.09. The van der Waals surface area contributed by atoms with Gasteiger partial charge in [0.25, 0.3) is 0 Å². The van der Waals surface area contributed by atoms with Crippen LogP contribution in [0.15, 0.2) is 53.5 Å². The van der Waals surface area contributed by atoms with E-state index in [0.29, 0.717) is 16.3 Å². The number of nitrogens with two attached hydrogens (primary N) is 1. The van der Waals surface area contributed by atoms with E-state index < -0.39 is 12.0 Å². The quantitative estimate of drug-likeness (QED) is 0.696. The lowest BCUT2D eigenvalue weighted by Crippen LogP contribution is -2.22. The summed E-state index contributed by atoms with van der Waals surface area (Å²) in [5.41, 5.74) is 8.03. The number of nitrogens with zero attached hydrogens (tertiary/aromatic N) is 1. The molecule has 4 nitrogen and oxygen atoms in total. The number of para-hydroxylation sites is 1. The van der Waals surface area contributed by atoms with Gasteiger partial charge in [0.05, 0.1) is 12.8 Å². The van der Waals surface area contributed by atoms with Gasteiger partial charge in [-0.2, -0.15) is 0 Å². The van der Waals surface area contributed by atoms with E-state index in [1.807, 2.05) is 18.2 Å². The van der Waals surface area contributed by atoms with Crippen molar-refractivity contribution in [2.24, 2.45) is 10.7 Å². The van der Waals surface area contributed by atoms with Gasteiger partial charge in [-0.05, 0) is 23.8 Å². The summed E-state index contributed by atoms with van der Waals surface area (Å²) in [5, 5.41) is 0.667. The van der Waals surface area contributed by atoms with E-state index >= 15 is 0 Å². The Balaban J connectivity index is 2.28. The maximum Gasteiger partial charge on any atom is 0.327 e. The minimum atomic E-state index is -0.853. The van der Waals surface area contributed by atoms with Crippen LogP contribution in [0.1, 0.15) is 17.2 Å². The molecule has 2 N–H and O–H groups in total. The van der Waals surface area contributed by atoms with E-state index in [1.165, 1.54) is 7.11 Å². The Hall–Kier alpha value is -2.17. The highest BCUT2D eigenvalue weighted by atomic mass is 35.5. The number of methoxy groups -OCH3 is 1. The maximum absolute atomic E-state index is 11.6. The molecule has 0 aliphatic carbocycles. The molecule has 0 heterocycles. The van der Waals surface area contributed by atoms with Crippen LogP contribution in [0.3, 0.4) is 0 Å². The Morgan fingerprint density at radius 2 is 1.90 bits per heavy atom. The number of hydrogen-bond acceptors (Lipinski definition) is 4. The first-order valence-corrected chi connectivity index (χ1v) is 6.71. The first kappa shape index (κ1) is 15.2. The van der Waals surface area contributed by atoms with Crippen LogP contribution in [0.25, 0.3) is 0 Å². The molecule has 2 rings (SSSR count). The number of aliphatic imine (C=N–C) groups is 1. The molecule has 0 saturated carbocycles. The summed E-state index contributed by atoms with van der Waals surface area (Å²) in [7, 11) is 1.31.